The Bertz CT molecular complexity index is 1330. The molecule has 0 aliphatic rings. The second kappa shape index (κ2) is 9.01. The molecule has 0 radical (unpaired) electrons. The highest BCUT2D eigenvalue weighted by Crippen LogP contribution is 2.32. The van der Waals surface area contributed by atoms with Gasteiger partial charge in [-0.1, -0.05) is 55.8 Å². The molecule has 0 spiro atoms. The zero-order valence-electron chi connectivity index (χ0n) is 18.1. The van der Waals surface area contributed by atoms with E-state index in [4.69, 9.17) is 20.8 Å². The summed E-state index contributed by atoms with van der Waals surface area (Å²) in [6, 6.07) is 19.7. The molecule has 0 bridgehead atoms. The molecular formula is C27H23ClO4. The SMILES string of the molecule is Cc1ccc2c(=O)c(OCC(=O)c3ccc(C(C)C)cc3)c(-c3ccc(Cl)cc3)oc2c1. The maximum absolute atomic E-state index is 13.2. The Balaban J connectivity index is 1.71. The van der Waals surface area contributed by atoms with Crippen LogP contribution in [0.15, 0.2) is 75.9 Å². The molecular weight excluding hydrogens is 424 g/mol. The highest BCUT2D eigenvalue weighted by molar-refractivity contribution is 6.30. The third kappa shape index (κ3) is 4.46. The largest absolute Gasteiger partial charge is 0.478 e. The number of carbonyl (C=O) groups is 1. The fourth-order valence-corrected chi connectivity index (χ4v) is 3.61. The quantitative estimate of drug-likeness (QED) is 0.305. The van der Waals surface area contributed by atoms with Gasteiger partial charge in [-0.15, -0.1) is 0 Å². The first-order valence-electron chi connectivity index (χ1n) is 10.4. The summed E-state index contributed by atoms with van der Waals surface area (Å²) in [5, 5.41) is 0.965. The molecule has 0 amide bonds. The highest BCUT2D eigenvalue weighted by Gasteiger charge is 2.19. The number of Topliss-reactive ketones (excluding diaryl/α,β-unsaturated/α-hetero) is 1. The average molecular weight is 447 g/mol. The fraction of sp³-hybridized carbons (Fsp3) is 0.185. The Morgan fingerprint density at radius 3 is 2.34 bits per heavy atom. The lowest BCUT2D eigenvalue weighted by Gasteiger charge is -2.12. The van der Waals surface area contributed by atoms with Gasteiger partial charge < -0.3 is 9.15 Å². The summed E-state index contributed by atoms with van der Waals surface area (Å²) in [7, 11) is 0. The number of ether oxygens (including phenoxy) is 1. The highest BCUT2D eigenvalue weighted by atomic mass is 35.5. The van der Waals surface area contributed by atoms with Crippen molar-refractivity contribution in [2.24, 2.45) is 0 Å². The minimum absolute atomic E-state index is 0.0100. The van der Waals surface area contributed by atoms with Crippen molar-refractivity contribution in [2.45, 2.75) is 26.7 Å². The molecule has 0 aliphatic heterocycles. The minimum Gasteiger partial charge on any atom is -0.478 e. The normalized spacial score (nSPS) is 11.2. The molecule has 1 aromatic heterocycles. The summed E-state index contributed by atoms with van der Waals surface area (Å²) in [6.45, 7) is 5.84. The summed E-state index contributed by atoms with van der Waals surface area (Å²) < 4.78 is 11.9. The number of fused-ring (bicyclic) bond motifs is 1. The minimum atomic E-state index is -0.320. The van der Waals surface area contributed by atoms with Crippen molar-refractivity contribution >= 4 is 28.4 Å². The maximum Gasteiger partial charge on any atom is 0.235 e. The van der Waals surface area contributed by atoms with Gasteiger partial charge in [0.2, 0.25) is 11.2 Å². The van der Waals surface area contributed by atoms with Crippen LogP contribution in [0.5, 0.6) is 5.75 Å². The Morgan fingerprint density at radius 1 is 1.00 bits per heavy atom. The van der Waals surface area contributed by atoms with Gasteiger partial charge in [0.05, 0.1) is 5.39 Å². The van der Waals surface area contributed by atoms with Gasteiger partial charge >= 0.3 is 0 Å². The van der Waals surface area contributed by atoms with E-state index in [2.05, 4.69) is 13.8 Å². The van der Waals surface area contributed by atoms with Crippen LogP contribution in [0.4, 0.5) is 0 Å². The van der Waals surface area contributed by atoms with E-state index in [-0.39, 0.29) is 29.3 Å². The predicted molar refractivity (Wildman–Crippen MR) is 128 cm³/mol. The van der Waals surface area contributed by atoms with Crippen LogP contribution < -0.4 is 10.2 Å². The van der Waals surface area contributed by atoms with Crippen LogP contribution >= 0.6 is 11.6 Å². The standard InChI is InChI=1S/C27H23ClO4/c1-16(2)18-5-7-19(8-6-18)23(29)15-31-27-25(30)22-13-4-17(3)14-24(22)32-26(27)20-9-11-21(28)12-10-20/h4-14,16H,15H2,1-3H3. The topological polar surface area (TPSA) is 56.5 Å². The number of ketones is 1. The number of benzene rings is 3. The van der Waals surface area contributed by atoms with E-state index in [0.29, 0.717) is 33.0 Å². The molecule has 0 saturated carbocycles. The summed E-state index contributed by atoms with van der Waals surface area (Å²) in [6.07, 6.45) is 0. The van der Waals surface area contributed by atoms with Gasteiger partial charge in [0.15, 0.2) is 18.2 Å². The Morgan fingerprint density at radius 2 is 1.69 bits per heavy atom. The third-order valence-corrected chi connectivity index (χ3v) is 5.61. The third-order valence-electron chi connectivity index (χ3n) is 5.36. The second-order valence-corrected chi connectivity index (χ2v) is 8.52. The van der Waals surface area contributed by atoms with E-state index in [1.807, 2.05) is 25.1 Å². The zero-order chi connectivity index (χ0) is 22.8. The van der Waals surface area contributed by atoms with Crippen LogP contribution in [0, 0.1) is 6.92 Å². The summed E-state index contributed by atoms with van der Waals surface area (Å²) in [5.41, 5.74) is 3.43. The lowest BCUT2D eigenvalue weighted by Crippen LogP contribution is -2.17. The fourth-order valence-electron chi connectivity index (χ4n) is 3.48. The van der Waals surface area contributed by atoms with Crippen LogP contribution in [0.1, 0.15) is 41.3 Å². The number of aryl methyl sites for hydroxylation is 1. The molecule has 4 rings (SSSR count). The van der Waals surface area contributed by atoms with Crippen LogP contribution in [-0.2, 0) is 0 Å². The molecule has 4 aromatic rings. The smallest absolute Gasteiger partial charge is 0.235 e. The van der Waals surface area contributed by atoms with Gasteiger partial charge in [-0.05, 0) is 60.4 Å². The van der Waals surface area contributed by atoms with Crippen molar-refractivity contribution < 1.29 is 13.9 Å². The van der Waals surface area contributed by atoms with Gasteiger partial charge in [0, 0.05) is 16.1 Å². The number of rotatable bonds is 6. The number of halogens is 1. The molecule has 5 heteroatoms. The van der Waals surface area contributed by atoms with Crippen LogP contribution in [0.3, 0.4) is 0 Å². The first-order chi connectivity index (χ1) is 15.3. The van der Waals surface area contributed by atoms with Crippen molar-refractivity contribution in [3.63, 3.8) is 0 Å². The second-order valence-electron chi connectivity index (χ2n) is 8.08. The average Bonchev–Trinajstić information content (AvgIpc) is 2.78. The monoisotopic (exact) mass is 446 g/mol. The number of carbonyl (C=O) groups excluding carboxylic acids is 1. The molecule has 3 aromatic carbocycles. The van der Waals surface area contributed by atoms with Crippen LogP contribution in [-0.4, -0.2) is 12.4 Å². The van der Waals surface area contributed by atoms with Gasteiger partial charge in [-0.2, -0.15) is 0 Å². The molecule has 4 nitrogen and oxygen atoms in total. The molecule has 0 saturated heterocycles. The van der Waals surface area contributed by atoms with Crippen LogP contribution in [0.2, 0.25) is 5.02 Å². The van der Waals surface area contributed by atoms with Gasteiger partial charge in [0.25, 0.3) is 0 Å². The number of hydrogen-bond acceptors (Lipinski definition) is 4. The molecule has 0 aliphatic carbocycles. The van der Waals surface area contributed by atoms with E-state index in [1.165, 1.54) is 0 Å². The first kappa shape index (κ1) is 21.8. The summed E-state index contributed by atoms with van der Waals surface area (Å²) in [5.74, 6) is 0.442. The molecule has 0 N–H and O–H groups in total. The van der Waals surface area contributed by atoms with E-state index in [0.717, 1.165) is 11.1 Å². The van der Waals surface area contributed by atoms with Gasteiger partial charge in [-0.3, -0.25) is 9.59 Å². The molecule has 0 atom stereocenters. The van der Waals surface area contributed by atoms with E-state index >= 15 is 0 Å². The predicted octanol–water partition coefficient (Wildman–Crippen LogP) is 6.81. The summed E-state index contributed by atoms with van der Waals surface area (Å²) in [4.78, 5) is 26.0. The number of hydrogen-bond donors (Lipinski definition) is 0. The van der Waals surface area contributed by atoms with Crippen molar-refractivity contribution in [1.82, 2.24) is 0 Å². The van der Waals surface area contributed by atoms with E-state index in [1.54, 1.807) is 48.5 Å². The lowest BCUT2D eigenvalue weighted by molar-refractivity contribution is 0.0920. The van der Waals surface area contributed by atoms with Gasteiger partial charge in [-0.25, -0.2) is 0 Å². The molecule has 32 heavy (non-hydrogen) atoms. The van der Waals surface area contributed by atoms with Crippen molar-refractivity contribution in [3.8, 4) is 17.1 Å². The molecule has 162 valence electrons. The Hall–Kier alpha value is -3.37. The Labute approximate surface area is 191 Å². The van der Waals surface area contributed by atoms with Gasteiger partial charge in [0.1, 0.15) is 5.58 Å². The van der Waals surface area contributed by atoms with E-state index in [9.17, 15) is 9.59 Å². The maximum atomic E-state index is 13.2. The van der Waals surface area contributed by atoms with Crippen molar-refractivity contribution in [3.05, 3.63) is 98.7 Å². The van der Waals surface area contributed by atoms with E-state index < -0.39 is 0 Å². The molecule has 0 unspecified atom stereocenters. The van der Waals surface area contributed by atoms with Crippen molar-refractivity contribution in [2.75, 3.05) is 6.61 Å². The first-order valence-corrected chi connectivity index (χ1v) is 10.8. The Kier molecular flexibility index (Phi) is 6.15. The van der Waals surface area contributed by atoms with Crippen molar-refractivity contribution in [1.29, 1.82) is 0 Å². The van der Waals surface area contributed by atoms with Crippen LogP contribution in [0.25, 0.3) is 22.3 Å². The molecule has 1 heterocycles. The summed E-state index contributed by atoms with van der Waals surface area (Å²) >= 11 is 6.02. The zero-order valence-corrected chi connectivity index (χ0v) is 18.9. The molecule has 0 fully saturated rings. The lowest BCUT2D eigenvalue weighted by atomic mass is 10.0.